The lowest BCUT2D eigenvalue weighted by atomic mass is 10.1. The van der Waals surface area contributed by atoms with Crippen molar-refractivity contribution in [3.05, 3.63) is 15.6 Å². The number of ether oxygens (including phenoxy) is 1. The van der Waals surface area contributed by atoms with Gasteiger partial charge in [0.1, 0.15) is 10.6 Å². The van der Waals surface area contributed by atoms with Crippen LogP contribution in [-0.2, 0) is 23.3 Å². The van der Waals surface area contributed by atoms with Crippen LogP contribution in [0.4, 0.5) is 0 Å². The van der Waals surface area contributed by atoms with E-state index in [9.17, 15) is 0 Å². The van der Waals surface area contributed by atoms with Gasteiger partial charge in [0, 0.05) is 18.5 Å². The van der Waals surface area contributed by atoms with Gasteiger partial charge in [-0.25, -0.2) is 4.98 Å². The van der Waals surface area contributed by atoms with E-state index >= 15 is 0 Å². The summed E-state index contributed by atoms with van der Waals surface area (Å²) in [6.45, 7) is 10.6. The molecule has 1 N–H and O–H groups in total. The molecule has 1 atom stereocenters. The Balaban J connectivity index is 2.89. The predicted molar refractivity (Wildman–Crippen MR) is 78.1 cm³/mol. The first kappa shape index (κ1) is 15.6. The van der Waals surface area contributed by atoms with Crippen LogP contribution in [0.1, 0.15) is 56.1 Å². The standard InChI is InChI=1S/C14H26N2OS/c1-6-9-15-10-12-11(7-2)16-13(18-12)14(4,8-3)17-5/h15H,6-10H2,1-5H3. The van der Waals surface area contributed by atoms with E-state index in [4.69, 9.17) is 9.72 Å². The van der Waals surface area contributed by atoms with Crippen LogP contribution in [0.3, 0.4) is 0 Å². The van der Waals surface area contributed by atoms with E-state index in [-0.39, 0.29) is 5.60 Å². The second-order valence-electron chi connectivity index (χ2n) is 4.71. The third-order valence-corrected chi connectivity index (χ3v) is 4.75. The van der Waals surface area contributed by atoms with Crippen LogP contribution < -0.4 is 5.32 Å². The third-order valence-electron chi connectivity index (χ3n) is 3.40. The number of nitrogens with zero attached hydrogens (tertiary/aromatic N) is 1. The Morgan fingerprint density at radius 3 is 2.56 bits per heavy atom. The van der Waals surface area contributed by atoms with Gasteiger partial charge in [-0.2, -0.15) is 0 Å². The molecule has 1 rings (SSSR count). The van der Waals surface area contributed by atoms with Gasteiger partial charge in [0.25, 0.3) is 0 Å². The summed E-state index contributed by atoms with van der Waals surface area (Å²) in [4.78, 5) is 6.13. The maximum Gasteiger partial charge on any atom is 0.125 e. The molecule has 0 aliphatic heterocycles. The molecule has 18 heavy (non-hydrogen) atoms. The van der Waals surface area contributed by atoms with Crippen LogP contribution in [-0.4, -0.2) is 18.6 Å². The van der Waals surface area contributed by atoms with Crippen LogP contribution in [0.2, 0.25) is 0 Å². The summed E-state index contributed by atoms with van der Waals surface area (Å²) in [5, 5.41) is 4.57. The molecule has 104 valence electrons. The number of hydrogen-bond acceptors (Lipinski definition) is 4. The van der Waals surface area contributed by atoms with Crippen LogP contribution >= 0.6 is 11.3 Å². The fourth-order valence-electron chi connectivity index (χ4n) is 1.79. The van der Waals surface area contributed by atoms with Gasteiger partial charge >= 0.3 is 0 Å². The molecule has 3 nitrogen and oxygen atoms in total. The van der Waals surface area contributed by atoms with Gasteiger partial charge < -0.3 is 10.1 Å². The predicted octanol–water partition coefficient (Wildman–Crippen LogP) is 3.48. The van der Waals surface area contributed by atoms with Crippen molar-refractivity contribution in [3.8, 4) is 0 Å². The molecule has 1 aromatic heterocycles. The van der Waals surface area contributed by atoms with E-state index < -0.39 is 0 Å². The molecule has 4 heteroatoms. The number of nitrogens with one attached hydrogen (secondary N) is 1. The highest BCUT2D eigenvalue weighted by molar-refractivity contribution is 7.11. The van der Waals surface area contributed by atoms with Crippen molar-refractivity contribution >= 4 is 11.3 Å². The van der Waals surface area contributed by atoms with Crippen molar-refractivity contribution in [2.45, 2.75) is 59.1 Å². The van der Waals surface area contributed by atoms with Crippen molar-refractivity contribution in [2.75, 3.05) is 13.7 Å². The molecule has 0 radical (unpaired) electrons. The fourth-order valence-corrected chi connectivity index (χ4v) is 3.10. The van der Waals surface area contributed by atoms with Crippen LogP contribution in [0.25, 0.3) is 0 Å². The summed E-state index contributed by atoms with van der Waals surface area (Å²) in [6, 6.07) is 0. The summed E-state index contributed by atoms with van der Waals surface area (Å²) < 4.78 is 5.64. The van der Waals surface area contributed by atoms with Gasteiger partial charge in [-0.1, -0.05) is 20.8 Å². The van der Waals surface area contributed by atoms with Gasteiger partial charge in [0.05, 0.1) is 5.69 Å². The maximum atomic E-state index is 5.64. The molecule has 0 saturated carbocycles. The average Bonchev–Trinajstić information content (AvgIpc) is 2.82. The second kappa shape index (κ2) is 7.22. The number of aromatic nitrogens is 1. The second-order valence-corrected chi connectivity index (χ2v) is 5.79. The Bertz CT molecular complexity index is 359. The first-order valence-corrected chi connectivity index (χ1v) is 7.67. The summed E-state index contributed by atoms with van der Waals surface area (Å²) in [6.07, 6.45) is 3.10. The van der Waals surface area contributed by atoms with E-state index in [0.717, 1.165) is 37.4 Å². The van der Waals surface area contributed by atoms with Crippen LogP contribution in [0, 0.1) is 0 Å². The molecule has 0 amide bonds. The zero-order valence-electron chi connectivity index (χ0n) is 12.3. The fraction of sp³-hybridized carbons (Fsp3) is 0.786. The number of methoxy groups -OCH3 is 1. The van der Waals surface area contributed by atoms with Crippen molar-refractivity contribution < 1.29 is 4.74 Å². The van der Waals surface area contributed by atoms with Gasteiger partial charge in [0.2, 0.25) is 0 Å². The molecule has 0 saturated heterocycles. The molecule has 0 aliphatic carbocycles. The highest BCUT2D eigenvalue weighted by Crippen LogP contribution is 2.33. The van der Waals surface area contributed by atoms with Gasteiger partial charge in [0.15, 0.2) is 0 Å². The highest BCUT2D eigenvalue weighted by atomic mass is 32.1. The molecule has 0 aromatic carbocycles. The first-order valence-electron chi connectivity index (χ1n) is 6.86. The Kier molecular flexibility index (Phi) is 6.26. The maximum absolute atomic E-state index is 5.64. The Hall–Kier alpha value is -0.450. The normalized spacial score (nSPS) is 14.7. The topological polar surface area (TPSA) is 34.1 Å². The highest BCUT2D eigenvalue weighted by Gasteiger charge is 2.28. The lowest BCUT2D eigenvalue weighted by Crippen LogP contribution is -2.22. The molecule has 0 bridgehead atoms. The van der Waals surface area contributed by atoms with Crippen LogP contribution in [0.15, 0.2) is 0 Å². The van der Waals surface area contributed by atoms with Crippen molar-refractivity contribution in [3.63, 3.8) is 0 Å². The Morgan fingerprint density at radius 2 is 2.06 bits per heavy atom. The lowest BCUT2D eigenvalue weighted by Gasteiger charge is -2.23. The number of hydrogen-bond donors (Lipinski definition) is 1. The minimum Gasteiger partial charge on any atom is -0.371 e. The average molecular weight is 270 g/mol. The van der Waals surface area contributed by atoms with E-state index in [2.05, 4.69) is 33.0 Å². The molecule has 1 heterocycles. The zero-order valence-corrected chi connectivity index (χ0v) is 13.1. The zero-order chi connectivity index (χ0) is 13.6. The van der Waals surface area contributed by atoms with Gasteiger partial charge in [-0.15, -0.1) is 11.3 Å². The monoisotopic (exact) mass is 270 g/mol. The summed E-state index contributed by atoms with van der Waals surface area (Å²) in [5.74, 6) is 0. The summed E-state index contributed by atoms with van der Waals surface area (Å²) >= 11 is 1.79. The van der Waals surface area contributed by atoms with Gasteiger partial charge in [-0.3, -0.25) is 0 Å². The SMILES string of the molecule is CCCNCc1sc(C(C)(CC)OC)nc1CC. The lowest BCUT2D eigenvalue weighted by molar-refractivity contribution is -0.00166. The Morgan fingerprint density at radius 1 is 1.33 bits per heavy atom. The molecule has 0 aliphatic rings. The summed E-state index contributed by atoms with van der Waals surface area (Å²) in [5.41, 5.74) is 0.979. The molecular formula is C14H26N2OS. The minimum absolute atomic E-state index is 0.238. The van der Waals surface area contributed by atoms with Crippen molar-refractivity contribution in [2.24, 2.45) is 0 Å². The smallest absolute Gasteiger partial charge is 0.125 e. The quantitative estimate of drug-likeness (QED) is 0.734. The van der Waals surface area contributed by atoms with E-state index in [1.807, 2.05) is 0 Å². The van der Waals surface area contributed by atoms with E-state index in [1.54, 1.807) is 18.4 Å². The minimum atomic E-state index is -0.238. The molecule has 1 unspecified atom stereocenters. The van der Waals surface area contributed by atoms with E-state index in [1.165, 1.54) is 10.6 Å². The van der Waals surface area contributed by atoms with Crippen LogP contribution in [0.5, 0.6) is 0 Å². The Labute approximate surface area is 115 Å². The molecular weight excluding hydrogens is 244 g/mol. The first-order chi connectivity index (χ1) is 8.61. The van der Waals surface area contributed by atoms with Gasteiger partial charge in [-0.05, 0) is 32.7 Å². The summed E-state index contributed by atoms with van der Waals surface area (Å²) in [7, 11) is 1.77. The number of rotatable bonds is 8. The van der Waals surface area contributed by atoms with Crippen molar-refractivity contribution in [1.29, 1.82) is 0 Å². The van der Waals surface area contributed by atoms with E-state index in [0.29, 0.717) is 0 Å². The molecule has 0 spiro atoms. The number of aryl methyl sites for hydroxylation is 1. The largest absolute Gasteiger partial charge is 0.371 e. The molecule has 0 fully saturated rings. The third kappa shape index (κ3) is 3.53. The van der Waals surface area contributed by atoms with Crippen molar-refractivity contribution in [1.82, 2.24) is 10.3 Å². The number of thiazole rings is 1. The molecule has 1 aromatic rings.